The predicted octanol–water partition coefficient (Wildman–Crippen LogP) is 0.659. The van der Waals surface area contributed by atoms with Crippen molar-refractivity contribution in [3.63, 3.8) is 0 Å². The maximum Gasteiger partial charge on any atom is 0.221 e. The Kier molecular flexibility index (Phi) is 2.21. The minimum Gasteiger partial charge on any atom is -0.231 e. The van der Waals surface area contributed by atoms with Crippen LogP contribution in [-0.4, -0.2) is 29.2 Å². The van der Waals surface area contributed by atoms with Crippen LogP contribution in [0.2, 0.25) is 0 Å². The van der Waals surface area contributed by atoms with Gasteiger partial charge in [-0.2, -0.15) is 4.99 Å². The lowest BCUT2D eigenvalue weighted by Gasteiger charge is -1.97. The first-order valence-electron chi connectivity index (χ1n) is 2.64. The van der Waals surface area contributed by atoms with Crippen LogP contribution in [0.5, 0.6) is 0 Å². The van der Waals surface area contributed by atoms with Gasteiger partial charge in [0.1, 0.15) is 12.1 Å². The number of halogens is 1. The topological polar surface area (TPSA) is 49.4 Å². The van der Waals surface area contributed by atoms with Crippen LogP contribution in [0.25, 0.3) is 0 Å². The van der Waals surface area contributed by atoms with Crippen LogP contribution < -0.4 is 0 Å². The van der Waals surface area contributed by atoms with Crippen molar-refractivity contribution in [3.05, 3.63) is 0 Å². The number of hydrogen-bond acceptors (Lipinski definition) is 3. The summed E-state index contributed by atoms with van der Waals surface area (Å²) in [4.78, 5) is 15.4. The summed E-state index contributed by atoms with van der Waals surface area (Å²) in [5.74, 6) is 0.569. The second kappa shape index (κ2) is 2.98. The molecule has 0 atom stereocenters. The van der Waals surface area contributed by atoms with Gasteiger partial charge >= 0.3 is 0 Å². The van der Waals surface area contributed by atoms with Crippen molar-refractivity contribution >= 4 is 53.8 Å². The van der Waals surface area contributed by atoms with E-state index in [4.69, 9.17) is 12.2 Å². The largest absolute Gasteiger partial charge is 0.231 e. The van der Waals surface area contributed by atoms with Crippen molar-refractivity contribution in [2.24, 2.45) is 20.0 Å². The summed E-state index contributed by atoms with van der Waals surface area (Å²) in [6.45, 7) is 0. The third kappa shape index (κ3) is 1.38. The number of thiocarbonyl (C=S) groups is 1. The van der Waals surface area contributed by atoms with Gasteiger partial charge in [-0.15, -0.1) is 12.4 Å². The van der Waals surface area contributed by atoms with Gasteiger partial charge in [-0.3, -0.25) is 0 Å². The molecule has 2 aliphatic rings. The monoisotopic (exact) mass is 186 g/mol. The van der Waals surface area contributed by atoms with Gasteiger partial charge < -0.3 is 0 Å². The number of fused-ring (bicyclic) bond motifs is 1. The smallest absolute Gasteiger partial charge is 0.221 e. The van der Waals surface area contributed by atoms with E-state index in [0.29, 0.717) is 16.7 Å². The molecule has 0 bridgehead atoms. The average Bonchev–Trinajstić information content (AvgIpc) is 2.33. The molecule has 0 saturated heterocycles. The Morgan fingerprint density at radius 1 is 1.27 bits per heavy atom. The van der Waals surface area contributed by atoms with E-state index in [1.54, 1.807) is 6.21 Å². The Morgan fingerprint density at radius 2 is 2.09 bits per heavy atom. The van der Waals surface area contributed by atoms with Crippen molar-refractivity contribution in [1.29, 1.82) is 0 Å². The molecule has 0 fully saturated rings. The van der Waals surface area contributed by atoms with Gasteiger partial charge in [-0.25, -0.2) is 15.0 Å². The molecule has 0 radical (unpaired) electrons. The van der Waals surface area contributed by atoms with Crippen LogP contribution in [0, 0.1) is 0 Å². The third-order valence-electron chi connectivity index (χ3n) is 1.10. The van der Waals surface area contributed by atoms with Crippen molar-refractivity contribution in [3.8, 4) is 0 Å². The van der Waals surface area contributed by atoms with E-state index in [9.17, 15) is 0 Å². The summed E-state index contributed by atoms with van der Waals surface area (Å²) < 4.78 is 0. The molecule has 0 saturated carbocycles. The SMILES string of the molecule is Cl.S=C1N=CC2=NC=NC2=N1. The van der Waals surface area contributed by atoms with E-state index in [0.717, 1.165) is 0 Å². The highest BCUT2D eigenvalue weighted by Gasteiger charge is 2.13. The fourth-order valence-corrected chi connectivity index (χ4v) is 0.822. The molecule has 2 heterocycles. The lowest BCUT2D eigenvalue weighted by Crippen LogP contribution is -2.15. The number of nitrogens with zero attached hydrogens (tertiary/aromatic N) is 4. The molecule has 0 aromatic rings. The molecule has 0 unspecified atom stereocenters. The molecule has 4 nitrogen and oxygen atoms in total. The highest BCUT2D eigenvalue weighted by Crippen LogP contribution is 2.00. The quantitative estimate of drug-likeness (QED) is 0.513. The Balaban J connectivity index is 0.000000605. The molecule has 6 heteroatoms. The van der Waals surface area contributed by atoms with Gasteiger partial charge in [-0.05, 0) is 12.2 Å². The molecular formula is C5H3ClN4S. The second-order valence-electron chi connectivity index (χ2n) is 1.74. The molecule has 0 aliphatic carbocycles. The van der Waals surface area contributed by atoms with Crippen LogP contribution >= 0.6 is 24.6 Å². The van der Waals surface area contributed by atoms with Crippen molar-refractivity contribution in [2.45, 2.75) is 0 Å². The maximum absolute atomic E-state index is 4.72. The zero-order valence-corrected chi connectivity index (χ0v) is 6.89. The molecule has 0 aromatic heterocycles. The van der Waals surface area contributed by atoms with E-state index in [1.165, 1.54) is 6.34 Å². The number of aliphatic imine (C=N–C) groups is 4. The Morgan fingerprint density at radius 3 is 2.91 bits per heavy atom. The fourth-order valence-electron chi connectivity index (χ4n) is 0.683. The number of amidine groups is 1. The molecule has 0 N–H and O–H groups in total. The lowest BCUT2D eigenvalue weighted by molar-refractivity contribution is 1.57. The standard InChI is InChI=1S/C5H2N4S.ClH/c10-5-6-1-3-4(9-5)8-2-7-3;/h1-2H;1H. The first-order chi connectivity index (χ1) is 4.86. The second-order valence-corrected chi connectivity index (χ2v) is 2.10. The molecule has 0 spiro atoms. The Labute approximate surface area is 74.3 Å². The minimum atomic E-state index is 0. The summed E-state index contributed by atoms with van der Waals surface area (Å²) >= 11 is 4.72. The molecule has 11 heavy (non-hydrogen) atoms. The summed E-state index contributed by atoms with van der Waals surface area (Å²) in [6, 6.07) is 0. The van der Waals surface area contributed by atoms with Gasteiger partial charge in [0.25, 0.3) is 0 Å². The van der Waals surface area contributed by atoms with Crippen LogP contribution in [0.3, 0.4) is 0 Å². The van der Waals surface area contributed by atoms with E-state index in [1.807, 2.05) is 0 Å². The van der Waals surface area contributed by atoms with E-state index >= 15 is 0 Å². The highest BCUT2D eigenvalue weighted by molar-refractivity contribution is 7.80. The summed E-state index contributed by atoms with van der Waals surface area (Å²) in [5, 5.41) is 0.313. The molecule has 0 amide bonds. The average molecular weight is 187 g/mol. The molecule has 0 aromatic carbocycles. The fraction of sp³-hybridized carbons (Fsp3) is 0. The zero-order chi connectivity index (χ0) is 6.97. The van der Waals surface area contributed by atoms with Crippen molar-refractivity contribution in [2.75, 3.05) is 0 Å². The van der Waals surface area contributed by atoms with Gasteiger partial charge in [0.2, 0.25) is 5.11 Å². The first kappa shape index (κ1) is 8.16. The van der Waals surface area contributed by atoms with Gasteiger partial charge in [0.05, 0.1) is 6.21 Å². The predicted molar refractivity (Wildman–Crippen MR) is 51.7 cm³/mol. The number of hydrogen-bond donors (Lipinski definition) is 0. The summed E-state index contributed by atoms with van der Waals surface area (Å²) in [5.41, 5.74) is 0.689. The Hall–Kier alpha value is -0.940. The van der Waals surface area contributed by atoms with Gasteiger partial charge in [0, 0.05) is 0 Å². The van der Waals surface area contributed by atoms with Crippen molar-refractivity contribution in [1.82, 2.24) is 0 Å². The Bertz CT molecular complexity index is 314. The summed E-state index contributed by atoms with van der Waals surface area (Å²) in [7, 11) is 0. The maximum atomic E-state index is 4.72. The molecule has 2 aliphatic heterocycles. The lowest BCUT2D eigenvalue weighted by atomic mass is 10.3. The minimum absolute atomic E-state index is 0. The van der Waals surface area contributed by atoms with Crippen LogP contribution in [0.1, 0.15) is 0 Å². The molecular weight excluding hydrogens is 184 g/mol. The first-order valence-corrected chi connectivity index (χ1v) is 3.04. The van der Waals surface area contributed by atoms with E-state index in [-0.39, 0.29) is 12.4 Å². The van der Waals surface area contributed by atoms with Gasteiger partial charge in [0.15, 0.2) is 5.84 Å². The number of rotatable bonds is 0. The van der Waals surface area contributed by atoms with Crippen molar-refractivity contribution < 1.29 is 0 Å². The van der Waals surface area contributed by atoms with E-state index in [2.05, 4.69) is 20.0 Å². The zero-order valence-electron chi connectivity index (χ0n) is 5.26. The van der Waals surface area contributed by atoms with Crippen LogP contribution in [-0.2, 0) is 0 Å². The third-order valence-corrected chi connectivity index (χ3v) is 1.30. The summed E-state index contributed by atoms with van der Waals surface area (Å²) in [6.07, 6.45) is 3.01. The van der Waals surface area contributed by atoms with E-state index < -0.39 is 0 Å². The molecule has 56 valence electrons. The molecule has 2 rings (SSSR count). The van der Waals surface area contributed by atoms with Crippen LogP contribution in [0.15, 0.2) is 20.0 Å². The highest BCUT2D eigenvalue weighted by atomic mass is 35.5. The van der Waals surface area contributed by atoms with Gasteiger partial charge in [-0.1, -0.05) is 0 Å². The van der Waals surface area contributed by atoms with Crippen LogP contribution in [0.4, 0.5) is 0 Å². The normalized spacial score (nSPS) is 18.7.